The van der Waals surface area contributed by atoms with Gasteiger partial charge in [-0.2, -0.15) is 0 Å². The number of carbonyl (C=O) groups excluding carboxylic acids is 1. The molecule has 0 radical (unpaired) electrons. The maximum Gasteiger partial charge on any atom is 0.269 e. The second-order valence-corrected chi connectivity index (χ2v) is 6.55. The number of nitrogens with zero attached hydrogens (tertiary/aromatic N) is 2. The number of fused-ring (bicyclic) bond motifs is 1. The highest BCUT2D eigenvalue weighted by molar-refractivity contribution is 5.82. The lowest BCUT2D eigenvalue weighted by molar-refractivity contribution is -0.384. The summed E-state index contributed by atoms with van der Waals surface area (Å²) in [4.78, 5) is 22.9. The molecule has 1 aliphatic rings. The molecule has 0 unspecified atom stereocenters. The summed E-state index contributed by atoms with van der Waals surface area (Å²) in [7, 11) is 0. The number of aromatic nitrogens is 1. The van der Waals surface area contributed by atoms with Gasteiger partial charge in [0.2, 0.25) is 0 Å². The fraction of sp³-hybridized carbons (Fsp3) is 0.412. The van der Waals surface area contributed by atoms with E-state index in [0.29, 0.717) is 17.0 Å². The number of carbonyl (C=O) groups is 1. The Bertz CT molecular complexity index is 824. The first-order chi connectivity index (χ1) is 11.2. The predicted molar refractivity (Wildman–Crippen MR) is 84.7 cm³/mol. The maximum absolute atomic E-state index is 12.3. The topological polar surface area (TPSA) is 106 Å². The standard InChI is InChI=1S/C17H18N2O5/c1-9(20)16-15(11-5-4-6-12(7-11)19(22)23)14-10(2)24-18-13(14)8-17(16,3)21/h4-7,15-16,21H,8H2,1-3H3/t15-,16+,17-/m0/s1. The number of Topliss-reactive ketones (excluding diaryl/α,β-unsaturated/α-hetero) is 1. The molecule has 1 N–H and O–H groups in total. The van der Waals surface area contributed by atoms with Crippen LogP contribution in [0.3, 0.4) is 0 Å². The lowest BCUT2D eigenvalue weighted by Gasteiger charge is -2.40. The summed E-state index contributed by atoms with van der Waals surface area (Å²) in [5, 5.41) is 25.9. The van der Waals surface area contributed by atoms with E-state index in [1.165, 1.54) is 19.1 Å². The third-order valence-electron chi connectivity index (χ3n) is 4.70. The van der Waals surface area contributed by atoms with Crippen molar-refractivity contribution in [3.05, 3.63) is 57.0 Å². The minimum atomic E-state index is -1.31. The van der Waals surface area contributed by atoms with Gasteiger partial charge in [0.05, 0.1) is 22.1 Å². The molecule has 3 atom stereocenters. The number of hydrogen-bond acceptors (Lipinski definition) is 6. The minimum Gasteiger partial charge on any atom is -0.389 e. The molecule has 24 heavy (non-hydrogen) atoms. The van der Waals surface area contributed by atoms with Crippen LogP contribution in [0.25, 0.3) is 0 Å². The molecule has 126 valence electrons. The summed E-state index contributed by atoms with van der Waals surface area (Å²) in [5.74, 6) is -0.886. The number of hydrogen-bond donors (Lipinski definition) is 1. The molecular formula is C17H18N2O5. The number of aliphatic hydroxyl groups is 1. The zero-order chi connectivity index (χ0) is 17.6. The Kier molecular flexibility index (Phi) is 3.76. The van der Waals surface area contributed by atoms with Crippen LogP contribution in [0.5, 0.6) is 0 Å². The van der Waals surface area contributed by atoms with Crippen LogP contribution < -0.4 is 0 Å². The van der Waals surface area contributed by atoms with Crippen molar-refractivity contribution in [3.8, 4) is 0 Å². The van der Waals surface area contributed by atoms with Crippen LogP contribution in [-0.4, -0.2) is 26.6 Å². The Labute approximate surface area is 138 Å². The second-order valence-electron chi connectivity index (χ2n) is 6.55. The van der Waals surface area contributed by atoms with E-state index in [0.717, 1.165) is 5.56 Å². The molecule has 1 aliphatic carbocycles. The van der Waals surface area contributed by atoms with E-state index >= 15 is 0 Å². The van der Waals surface area contributed by atoms with E-state index in [1.54, 1.807) is 26.0 Å². The SMILES string of the molecule is CC(=O)[C@@H]1[C@@H](c2cccc([N+](=O)[O-])c2)c2c(noc2C)C[C@]1(C)O. The summed E-state index contributed by atoms with van der Waals surface area (Å²) in [6, 6.07) is 6.15. The third kappa shape index (κ3) is 2.50. The van der Waals surface area contributed by atoms with Crippen LogP contribution in [0, 0.1) is 23.0 Å². The van der Waals surface area contributed by atoms with Crippen molar-refractivity contribution in [2.75, 3.05) is 0 Å². The lowest BCUT2D eigenvalue weighted by Crippen LogP contribution is -2.48. The highest BCUT2D eigenvalue weighted by Gasteiger charge is 2.49. The number of rotatable bonds is 3. The van der Waals surface area contributed by atoms with Gasteiger partial charge >= 0.3 is 0 Å². The fourth-order valence-electron chi connectivity index (χ4n) is 3.79. The first-order valence-electron chi connectivity index (χ1n) is 7.64. The van der Waals surface area contributed by atoms with Gasteiger partial charge in [-0.05, 0) is 26.3 Å². The van der Waals surface area contributed by atoms with Crippen molar-refractivity contribution < 1.29 is 19.3 Å². The molecule has 7 heteroatoms. The first-order valence-corrected chi connectivity index (χ1v) is 7.64. The van der Waals surface area contributed by atoms with Crippen molar-refractivity contribution in [1.29, 1.82) is 0 Å². The Balaban J connectivity index is 2.24. The van der Waals surface area contributed by atoms with E-state index in [1.807, 2.05) is 0 Å². The van der Waals surface area contributed by atoms with Crippen molar-refractivity contribution in [2.45, 2.75) is 38.7 Å². The van der Waals surface area contributed by atoms with Gasteiger partial charge < -0.3 is 9.63 Å². The highest BCUT2D eigenvalue weighted by atomic mass is 16.6. The number of nitro groups is 1. The minimum absolute atomic E-state index is 0.0596. The van der Waals surface area contributed by atoms with Gasteiger partial charge in [-0.3, -0.25) is 14.9 Å². The lowest BCUT2D eigenvalue weighted by atomic mass is 9.64. The van der Waals surface area contributed by atoms with Gasteiger partial charge in [0.25, 0.3) is 5.69 Å². The van der Waals surface area contributed by atoms with Crippen LogP contribution in [0.4, 0.5) is 5.69 Å². The molecular weight excluding hydrogens is 312 g/mol. The second kappa shape index (κ2) is 5.52. The summed E-state index contributed by atoms with van der Waals surface area (Å²) in [6.45, 7) is 4.76. The largest absolute Gasteiger partial charge is 0.389 e. The van der Waals surface area contributed by atoms with Crippen molar-refractivity contribution >= 4 is 11.5 Å². The molecule has 2 aromatic rings. The average molecular weight is 330 g/mol. The summed E-state index contributed by atoms with van der Waals surface area (Å²) in [5.41, 5.74) is 0.554. The van der Waals surface area contributed by atoms with Crippen molar-refractivity contribution in [3.63, 3.8) is 0 Å². The fourth-order valence-corrected chi connectivity index (χ4v) is 3.79. The summed E-state index contributed by atoms with van der Waals surface area (Å²) < 4.78 is 5.26. The van der Waals surface area contributed by atoms with Crippen molar-refractivity contribution in [2.24, 2.45) is 5.92 Å². The number of non-ortho nitro benzene ring substituents is 1. The van der Waals surface area contributed by atoms with Crippen LogP contribution in [0.15, 0.2) is 28.8 Å². The third-order valence-corrected chi connectivity index (χ3v) is 4.70. The molecule has 0 amide bonds. The molecule has 0 saturated heterocycles. The summed E-state index contributed by atoms with van der Waals surface area (Å²) >= 11 is 0. The van der Waals surface area contributed by atoms with E-state index < -0.39 is 22.4 Å². The Morgan fingerprint density at radius 3 is 2.83 bits per heavy atom. The first kappa shape index (κ1) is 16.3. The van der Waals surface area contributed by atoms with Crippen LogP contribution in [-0.2, 0) is 11.2 Å². The van der Waals surface area contributed by atoms with E-state index in [2.05, 4.69) is 5.16 Å². The smallest absolute Gasteiger partial charge is 0.269 e. The molecule has 1 aromatic heterocycles. The number of nitro benzene ring substituents is 1. The number of ketones is 1. The van der Waals surface area contributed by atoms with Gasteiger partial charge in [-0.1, -0.05) is 17.3 Å². The Morgan fingerprint density at radius 1 is 1.50 bits per heavy atom. The zero-order valence-corrected chi connectivity index (χ0v) is 13.6. The maximum atomic E-state index is 12.3. The monoisotopic (exact) mass is 330 g/mol. The Morgan fingerprint density at radius 2 is 2.21 bits per heavy atom. The van der Waals surface area contributed by atoms with Gasteiger partial charge in [0.1, 0.15) is 11.5 Å². The van der Waals surface area contributed by atoms with E-state index in [4.69, 9.17) is 4.52 Å². The van der Waals surface area contributed by atoms with Gasteiger partial charge in [-0.15, -0.1) is 0 Å². The van der Waals surface area contributed by atoms with Gasteiger partial charge in [-0.25, -0.2) is 0 Å². The molecule has 3 rings (SSSR count). The number of aryl methyl sites for hydroxylation is 1. The number of benzene rings is 1. The molecule has 0 bridgehead atoms. The van der Waals surface area contributed by atoms with Crippen LogP contribution in [0.2, 0.25) is 0 Å². The summed E-state index contributed by atoms with van der Waals surface area (Å²) in [6.07, 6.45) is 0.204. The zero-order valence-electron chi connectivity index (χ0n) is 13.6. The normalized spacial score (nSPS) is 26.0. The Hall–Kier alpha value is -2.54. The highest BCUT2D eigenvalue weighted by Crippen LogP contribution is 2.47. The quantitative estimate of drug-likeness (QED) is 0.684. The van der Waals surface area contributed by atoms with E-state index in [-0.39, 0.29) is 17.9 Å². The van der Waals surface area contributed by atoms with Crippen LogP contribution in [0.1, 0.15) is 42.3 Å². The molecule has 0 aliphatic heterocycles. The molecule has 0 spiro atoms. The predicted octanol–water partition coefficient (Wildman–Crippen LogP) is 2.54. The molecule has 1 aromatic carbocycles. The van der Waals surface area contributed by atoms with E-state index in [9.17, 15) is 20.0 Å². The van der Waals surface area contributed by atoms with Gasteiger partial charge in [0, 0.05) is 30.0 Å². The molecule has 0 fully saturated rings. The molecule has 0 saturated carbocycles. The molecule has 1 heterocycles. The molecule has 7 nitrogen and oxygen atoms in total. The van der Waals surface area contributed by atoms with Crippen LogP contribution >= 0.6 is 0 Å². The average Bonchev–Trinajstić information content (AvgIpc) is 2.85. The van der Waals surface area contributed by atoms with Gasteiger partial charge in [0.15, 0.2) is 0 Å². The van der Waals surface area contributed by atoms with Crippen molar-refractivity contribution in [1.82, 2.24) is 5.16 Å².